The van der Waals surface area contributed by atoms with Gasteiger partial charge in [0, 0.05) is 6.54 Å². The van der Waals surface area contributed by atoms with E-state index in [1.165, 1.54) is 11.3 Å². The van der Waals surface area contributed by atoms with E-state index in [9.17, 15) is 4.79 Å². The monoisotopic (exact) mass is 251 g/mol. The molecule has 0 spiro atoms. The number of aromatic nitrogens is 2. The van der Waals surface area contributed by atoms with Gasteiger partial charge in [-0.25, -0.2) is 4.98 Å². The molecule has 1 N–H and O–H groups in total. The molecular formula is C12H17N3OS. The fraction of sp³-hybridized carbons (Fsp3) is 0.500. The van der Waals surface area contributed by atoms with Crippen molar-refractivity contribution in [3.63, 3.8) is 0 Å². The summed E-state index contributed by atoms with van der Waals surface area (Å²) in [5.74, 6) is 0. The highest BCUT2D eigenvalue weighted by molar-refractivity contribution is 7.17. The molecule has 0 aliphatic heterocycles. The van der Waals surface area contributed by atoms with Crippen molar-refractivity contribution in [3.8, 4) is 0 Å². The highest BCUT2D eigenvalue weighted by Crippen LogP contribution is 2.19. The highest BCUT2D eigenvalue weighted by atomic mass is 32.1. The Hall–Kier alpha value is -1.20. The quantitative estimate of drug-likeness (QED) is 0.824. The second-order valence-corrected chi connectivity index (χ2v) is 4.93. The van der Waals surface area contributed by atoms with Crippen molar-refractivity contribution in [2.75, 3.05) is 13.1 Å². The molecule has 4 nitrogen and oxygen atoms in total. The molecular weight excluding hydrogens is 234 g/mol. The molecule has 5 heteroatoms. The fourth-order valence-corrected chi connectivity index (χ4v) is 2.72. The average Bonchev–Trinajstić information content (AvgIpc) is 2.70. The molecule has 0 bridgehead atoms. The molecule has 17 heavy (non-hydrogen) atoms. The largest absolute Gasteiger partial charge is 0.317 e. The van der Waals surface area contributed by atoms with Crippen molar-refractivity contribution in [2.24, 2.45) is 0 Å². The maximum atomic E-state index is 12.1. The van der Waals surface area contributed by atoms with E-state index >= 15 is 0 Å². The number of aryl methyl sites for hydroxylation is 2. The van der Waals surface area contributed by atoms with Gasteiger partial charge in [-0.05, 0) is 37.4 Å². The SMILES string of the molecule is CCNCCCn1cnc2c(C)csc2c1=O. The predicted molar refractivity (Wildman–Crippen MR) is 71.8 cm³/mol. The Morgan fingerprint density at radius 1 is 1.53 bits per heavy atom. The van der Waals surface area contributed by atoms with Gasteiger partial charge in [0.05, 0.1) is 11.8 Å². The summed E-state index contributed by atoms with van der Waals surface area (Å²) in [5.41, 5.74) is 2.02. The molecule has 2 heterocycles. The third-order valence-corrected chi connectivity index (χ3v) is 3.80. The normalized spacial score (nSPS) is 11.2. The molecule has 2 aromatic rings. The second kappa shape index (κ2) is 5.42. The number of hydrogen-bond acceptors (Lipinski definition) is 4. The third kappa shape index (κ3) is 2.56. The molecule has 0 unspecified atom stereocenters. The van der Waals surface area contributed by atoms with E-state index in [0.29, 0.717) is 0 Å². The first kappa shape index (κ1) is 12.3. The molecule has 2 aromatic heterocycles. The van der Waals surface area contributed by atoms with E-state index in [1.807, 2.05) is 12.3 Å². The van der Waals surface area contributed by atoms with Gasteiger partial charge in [-0.15, -0.1) is 11.3 Å². The number of nitrogens with one attached hydrogen (secondary N) is 1. The van der Waals surface area contributed by atoms with Gasteiger partial charge in [-0.3, -0.25) is 9.36 Å². The van der Waals surface area contributed by atoms with Crippen LogP contribution in [0.1, 0.15) is 18.9 Å². The number of fused-ring (bicyclic) bond motifs is 1. The molecule has 0 saturated carbocycles. The number of hydrogen-bond donors (Lipinski definition) is 1. The molecule has 0 aliphatic carbocycles. The summed E-state index contributed by atoms with van der Waals surface area (Å²) >= 11 is 1.49. The van der Waals surface area contributed by atoms with Crippen molar-refractivity contribution >= 4 is 21.6 Å². The van der Waals surface area contributed by atoms with Gasteiger partial charge in [-0.1, -0.05) is 6.92 Å². The van der Waals surface area contributed by atoms with E-state index in [1.54, 1.807) is 10.9 Å². The van der Waals surface area contributed by atoms with Gasteiger partial charge >= 0.3 is 0 Å². The van der Waals surface area contributed by atoms with Crippen LogP contribution in [0.5, 0.6) is 0 Å². The minimum atomic E-state index is 0.0876. The summed E-state index contributed by atoms with van der Waals surface area (Å²) in [7, 11) is 0. The summed E-state index contributed by atoms with van der Waals surface area (Å²) in [5, 5.41) is 5.23. The van der Waals surface area contributed by atoms with Crippen molar-refractivity contribution < 1.29 is 0 Å². The maximum absolute atomic E-state index is 12.1. The van der Waals surface area contributed by atoms with Crippen LogP contribution in [0.25, 0.3) is 10.2 Å². The zero-order valence-corrected chi connectivity index (χ0v) is 11.0. The molecule has 0 saturated heterocycles. The first-order valence-electron chi connectivity index (χ1n) is 5.88. The first-order valence-corrected chi connectivity index (χ1v) is 6.76. The van der Waals surface area contributed by atoms with Crippen molar-refractivity contribution in [2.45, 2.75) is 26.8 Å². The van der Waals surface area contributed by atoms with E-state index < -0.39 is 0 Å². The van der Waals surface area contributed by atoms with Gasteiger partial charge in [0.2, 0.25) is 0 Å². The van der Waals surface area contributed by atoms with Crippen LogP contribution in [-0.4, -0.2) is 22.6 Å². The topological polar surface area (TPSA) is 46.9 Å². The van der Waals surface area contributed by atoms with Crippen LogP contribution in [0.4, 0.5) is 0 Å². The summed E-state index contributed by atoms with van der Waals surface area (Å²) in [6, 6.07) is 0. The van der Waals surface area contributed by atoms with Crippen LogP contribution >= 0.6 is 11.3 Å². The van der Waals surface area contributed by atoms with Gasteiger partial charge in [-0.2, -0.15) is 0 Å². The van der Waals surface area contributed by atoms with Crippen molar-refractivity contribution in [1.29, 1.82) is 0 Å². The second-order valence-electron chi connectivity index (χ2n) is 4.05. The summed E-state index contributed by atoms with van der Waals surface area (Å²) in [4.78, 5) is 16.5. The number of thiophene rings is 1. The molecule has 0 aliphatic rings. The molecule has 2 rings (SSSR count). The highest BCUT2D eigenvalue weighted by Gasteiger charge is 2.07. The fourth-order valence-electron chi connectivity index (χ4n) is 1.77. The van der Waals surface area contributed by atoms with Crippen LogP contribution in [-0.2, 0) is 6.54 Å². The van der Waals surface area contributed by atoms with Crippen LogP contribution < -0.4 is 10.9 Å². The lowest BCUT2D eigenvalue weighted by atomic mass is 10.3. The molecule has 0 atom stereocenters. The van der Waals surface area contributed by atoms with Gasteiger partial charge < -0.3 is 5.32 Å². The Labute approximate surface area is 104 Å². The van der Waals surface area contributed by atoms with Gasteiger partial charge in [0.15, 0.2) is 0 Å². The van der Waals surface area contributed by atoms with Crippen LogP contribution in [0.2, 0.25) is 0 Å². The van der Waals surface area contributed by atoms with E-state index in [-0.39, 0.29) is 5.56 Å². The summed E-state index contributed by atoms with van der Waals surface area (Å²) in [6.07, 6.45) is 2.61. The summed E-state index contributed by atoms with van der Waals surface area (Å²) < 4.78 is 2.48. The van der Waals surface area contributed by atoms with Crippen molar-refractivity contribution in [1.82, 2.24) is 14.9 Å². The van der Waals surface area contributed by atoms with E-state index in [2.05, 4.69) is 17.2 Å². The Bertz CT molecular complexity index is 558. The van der Waals surface area contributed by atoms with Crippen LogP contribution in [0.15, 0.2) is 16.5 Å². The Morgan fingerprint density at radius 3 is 3.12 bits per heavy atom. The minimum Gasteiger partial charge on any atom is -0.317 e. The Balaban J connectivity index is 2.18. The van der Waals surface area contributed by atoms with E-state index in [4.69, 9.17) is 0 Å². The maximum Gasteiger partial charge on any atom is 0.271 e. The number of rotatable bonds is 5. The van der Waals surface area contributed by atoms with E-state index in [0.717, 1.165) is 41.8 Å². The molecule has 0 radical (unpaired) electrons. The molecule has 0 aromatic carbocycles. The zero-order valence-electron chi connectivity index (χ0n) is 10.2. The Morgan fingerprint density at radius 2 is 2.35 bits per heavy atom. The van der Waals surface area contributed by atoms with Crippen molar-refractivity contribution in [3.05, 3.63) is 27.6 Å². The van der Waals surface area contributed by atoms with Gasteiger partial charge in [0.25, 0.3) is 5.56 Å². The molecule has 0 fully saturated rings. The average molecular weight is 251 g/mol. The van der Waals surface area contributed by atoms with Crippen LogP contribution in [0.3, 0.4) is 0 Å². The third-order valence-electron chi connectivity index (χ3n) is 2.73. The smallest absolute Gasteiger partial charge is 0.271 e. The lowest BCUT2D eigenvalue weighted by molar-refractivity contribution is 0.577. The predicted octanol–water partition coefficient (Wildman–Crippen LogP) is 1.77. The molecule has 92 valence electrons. The number of nitrogens with zero attached hydrogens (tertiary/aromatic N) is 2. The lowest BCUT2D eigenvalue weighted by Crippen LogP contribution is -2.23. The standard InChI is InChI=1S/C12H17N3OS/c1-3-13-5-4-6-15-8-14-10-9(2)7-17-11(10)12(15)16/h7-8,13H,3-6H2,1-2H3. The first-order chi connectivity index (χ1) is 8.24. The minimum absolute atomic E-state index is 0.0876. The Kier molecular flexibility index (Phi) is 3.91. The van der Waals surface area contributed by atoms with Crippen LogP contribution in [0, 0.1) is 6.92 Å². The van der Waals surface area contributed by atoms with Gasteiger partial charge in [0.1, 0.15) is 4.70 Å². The molecule has 0 amide bonds. The lowest BCUT2D eigenvalue weighted by Gasteiger charge is -2.05. The summed E-state index contributed by atoms with van der Waals surface area (Å²) in [6.45, 7) is 6.70. The zero-order chi connectivity index (χ0) is 12.3.